The molecule has 0 atom stereocenters. The highest BCUT2D eigenvalue weighted by molar-refractivity contribution is 8.01. The van der Waals surface area contributed by atoms with Crippen molar-refractivity contribution in [2.45, 2.75) is 22.8 Å². The van der Waals surface area contributed by atoms with Gasteiger partial charge in [0.15, 0.2) is 8.29 Å². The van der Waals surface area contributed by atoms with Gasteiger partial charge in [-0.2, -0.15) is 9.40 Å². The van der Waals surface area contributed by atoms with E-state index in [4.69, 9.17) is 12.2 Å². The Morgan fingerprint density at radius 1 is 1.32 bits per heavy atom. The van der Waals surface area contributed by atoms with E-state index < -0.39 is 15.8 Å². The molecule has 0 N–H and O–H groups in total. The lowest BCUT2D eigenvalue weighted by Crippen LogP contribution is -2.49. The van der Waals surface area contributed by atoms with E-state index in [0.29, 0.717) is 36.8 Å². The second-order valence-corrected chi connectivity index (χ2v) is 11.2. The fourth-order valence-corrected chi connectivity index (χ4v) is 6.36. The van der Waals surface area contributed by atoms with Gasteiger partial charge in [-0.15, -0.1) is 0 Å². The minimum atomic E-state index is -3.83. The molecule has 1 aromatic carbocycles. The molecule has 1 aliphatic rings. The van der Waals surface area contributed by atoms with E-state index in [1.807, 2.05) is 6.92 Å². The fourth-order valence-electron chi connectivity index (χ4n) is 2.71. The normalized spacial score (nSPS) is 16.4. The van der Waals surface area contributed by atoms with Gasteiger partial charge < -0.3 is 0 Å². The average Bonchev–Trinajstić information content (AvgIpc) is 3.00. The second kappa shape index (κ2) is 9.14. The summed E-state index contributed by atoms with van der Waals surface area (Å²) in [6.07, 6.45) is 0. The van der Waals surface area contributed by atoms with Crippen molar-refractivity contribution >= 4 is 45.3 Å². The molecule has 2 heterocycles. The van der Waals surface area contributed by atoms with Crippen LogP contribution in [0.2, 0.25) is 0 Å². The van der Waals surface area contributed by atoms with Crippen LogP contribution >= 0.6 is 35.3 Å². The number of rotatable bonds is 7. The zero-order valence-corrected chi connectivity index (χ0v) is 18.6. The van der Waals surface area contributed by atoms with E-state index in [0.717, 1.165) is 21.7 Å². The molecule has 0 aliphatic carbocycles. The molecule has 1 fully saturated rings. The van der Waals surface area contributed by atoms with E-state index in [-0.39, 0.29) is 4.90 Å². The van der Waals surface area contributed by atoms with Gasteiger partial charge in [0.1, 0.15) is 10.7 Å². The standard InChI is InChI=1S/C17H21FN4O2S4/c1-13(2)11-26-16-19-22(17(25)27-16)12-20-7-9-21(10-8-20)28(23,24)15-6-4-3-5-14(15)18/h3-6H,1,7-12H2,2H3. The second-order valence-electron chi connectivity index (χ2n) is 6.47. The van der Waals surface area contributed by atoms with Crippen LogP contribution in [0, 0.1) is 9.77 Å². The van der Waals surface area contributed by atoms with Gasteiger partial charge in [-0.05, 0) is 31.3 Å². The van der Waals surface area contributed by atoms with Gasteiger partial charge in [0.2, 0.25) is 10.0 Å². The maximum Gasteiger partial charge on any atom is 0.246 e. The molecule has 2 aromatic rings. The van der Waals surface area contributed by atoms with Crippen LogP contribution in [0.3, 0.4) is 0 Å². The summed E-state index contributed by atoms with van der Waals surface area (Å²) in [4.78, 5) is 1.82. The van der Waals surface area contributed by atoms with Crippen molar-refractivity contribution in [3.63, 3.8) is 0 Å². The van der Waals surface area contributed by atoms with E-state index in [2.05, 4.69) is 16.6 Å². The van der Waals surface area contributed by atoms with Crippen molar-refractivity contribution in [1.82, 2.24) is 19.0 Å². The summed E-state index contributed by atoms with van der Waals surface area (Å²) < 4.78 is 44.0. The Hall–Kier alpha value is -1.11. The maximum absolute atomic E-state index is 13.9. The quantitative estimate of drug-likeness (QED) is 0.358. The molecule has 0 radical (unpaired) electrons. The molecule has 0 spiro atoms. The topological polar surface area (TPSA) is 58.4 Å². The van der Waals surface area contributed by atoms with Crippen LogP contribution in [-0.4, -0.2) is 59.3 Å². The lowest BCUT2D eigenvalue weighted by atomic mass is 10.3. The number of nitrogens with zero attached hydrogens (tertiary/aromatic N) is 4. The number of sulfonamides is 1. The lowest BCUT2D eigenvalue weighted by molar-refractivity contribution is 0.144. The smallest absolute Gasteiger partial charge is 0.246 e. The number of piperazine rings is 1. The first-order chi connectivity index (χ1) is 13.3. The predicted molar refractivity (Wildman–Crippen MR) is 113 cm³/mol. The highest BCUT2D eigenvalue weighted by atomic mass is 32.2. The van der Waals surface area contributed by atoms with E-state index in [1.165, 1.54) is 33.8 Å². The Labute approximate surface area is 177 Å². The average molecular weight is 461 g/mol. The third-order valence-electron chi connectivity index (χ3n) is 4.15. The maximum atomic E-state index is 13.9. The summed E-state index contributed by atoms with van der Waals surface area (Å²) in [5.41, 5.74) is 1.07. The first-order valence-corrected chi connectivity index (χ1v) is 12.2. The first kappa shape index (κ1) is 21.6. The molecule has 0 saturated carbocycles. The number of thioether (sulfide) groups is 1. The van der Waals surface area contributed by atoms with Gasteiger partial charge in [0.25, 0.3) is 0 Å². The highest BCUT2D eigenvalue weighted by Crippen LogP contribution is 2.24. The highest BCUT2D eigenvalue weighted by Gasteiger charge is 2.30. The molecule has 1 aliphatic heterocycles. The van der Waals surface area contributed by atoms with Gasteiger partial charge in [-0.25, -0.2) is 17.5 Å². The Balaban J connectivity index is 1.61. The number of hydrogen-bond acceptors (Lipinski definition) is 7. The molecule has 6 nitrogen and oxygen atoms in total. The largest absolute Gasteiger partial charge is 0.282 e. The molecular weight excluding hydrogens is 439 g/mol. The monoisotopic (exact) mass is 460 g/mol. The van der Waals surface area contributed by atoms with Gasteiger partial charge in [0, 0.05) is 31.9 Å². The van der Waals surface area contributed by atoms with Crippen LogP contribution < -0.4 is 0 Å². The molecule has 1 saturated heterocycles. The number of hydrogen-bond donors (Lipinski definition) is 0. The predicted octanol–water partition coefficient (Wildman–Crippen LogP) is 3.45. The SMILES string of the molecule is C=C(C)CSc1nn(CN2CCN(S(=O)(=O)c3ccccc3F)CC2)c(=S)s1. The summed E-state index contributed by atoms with van der Waals surface area (Å²) in [5, 5.41) is 4.53. The summed E-state index contributed by atoms with van der Waals surface area (Å²) in [7, 11) is -3.83. The summed E-state index contributed by atoms with van der Waals surface area (Å²) >= 11 is 8.46. The molecule has 1 aromatic heterocycles. The fraction of sp³-hybridized carbons (Fsp3) is 0.412. The molecule has 28 heavy (non-hydrogen) atoms. The number of halogens is 1. The van der Waals surface area contributed by atoms with Crippen LogP contribution in [0.1, 0.15) is 6.92 Å². The van der Waals surface area contributed by atoms with E-state index in [1.54, 1.807) is 16.4 Å². The molecule has 0 bridgehead atoms. The summed E-state index contributed by atoms with van der Waals surface area (Å²) in [5.74, 6) is 0.0768. The van der Waals surface area contributed by atoms with Crippen LogP contribution in [0.25, 0.3) is 0 Å². The Morgan fingerprint density at radius 3 is 2.64 bits per heavy atom. The van der Waals surface area contributed by atoms with Gasteiger partial charge in [-0.3, -0.25) is 4.90 Å². The zero-order valence-electron chi connectivity index (χ0n) is 15.4. The molecular formula is C17H21FN4O2S4. The number of aromatic nitrogens is 2. The minimum Gasteiger partial charge on any atom is -0.282 e. The third-order valence-corrected chi connectivity index (χ3v) is 8.75. The summed E-state index contributed by atoms with van der Waals surface area (Å²) in [6.45, 7) is 8.02. The van der Waals surface area contributed by atoms with Gasteiger partial charge in [-0.1, -0.05) is 47.4 Å². The zero-order chi connectivity index (χ0) is 20.3. The van der Waals surface area contributed by atoms with Crippen LogP contribution in [0.5, 0.6) is 0 Å². The van der Waals surface area contributed by atoms with Crippen molar-refractivity contribution in [2.75, 3.05) is 31.9 Å². The minimum absolute atomic E-state index is 0.274. The van der Waals surface area contributed by atoms with Crippen LogP contribution in [-0.2, 0) is 16.7 Å². The first-order valence-electron chi connectivity index (χ1n) is 8.59. The molecule has 0 unspecified atom stereocenters. The molecule has 152 valence electrons. The molecule has 3 rings (SSSR count). The van der Waals surface area contributed by atoms with Crippen molar-refractivity contribution < 1.29 is 12.8 Å². The van der Waals surface area contributed by atoms with Crippen molar-refractivity contribution in [2.24, 2.45) is 0 Å². The van der Waals surface area contributed by atoms with Gasteiger partial charge >= 0.3 is 0 Å². The Bertz CT molecular complexity index is 1010. The Kier molecular flexibility index (Phi) is 7.05. The van der Waals surface area contributed by atoms with Gasteiger partial charge in [0.05, 0.1) is 6.67 Å². The van der Waals surface area contributed by atoms with Crippen molar-refractivity contribution in [3.05, 3.63) is 46.2 Å². The van der Waals surface area contributed by atoms with Crippen LogP contribution in [0.4, 0.5) is 4.39 Å². The van der Waals surface area contributed by atoms with E-state index in [9.17, 15) is 12.8 Å². The van der Waals surface area contributed by atoms with E-state index >= 15 is 0 Å². The lowest BCUT2D eigenvalue weighted by Gasteiger charge is -2.33. The third kappa shape index (κ3) is 5.08. The van der Waals surface area contributed by atoms with Crippen molar-refractivity contribution in [3.8, 4) is 0 Å². The number of benzene rings is 1. The molecule has 0 amide bonds. The Morgan fingerprint density at radius 2 is 2.00 bits per heavy atom. The van der Waals surface area contributed by atoms with Crippen molar-refractivity contribution in [1.29, 1.82) is 0 Å². The molecule has 11 heteroatoms. The van der Waals surface area contributed by atoms with Crippen LogP contribution in [0.15, 0.2) is 45.7 Å². The summed E-state index contributed by atoms with van der Waals surface area (Å²) in [6, 6.07) is 5.47.